The lowest BCUT2D eigenvalue weighted by molar-refractivity contribution is 0.165. The minimum Gasteiger partial charge on any atom is -0.327 e. The molecule has 2 atom stereocenters. The number of nitrogens with zero attached hydrogens (tertiary/aromatic N) is 1. The predicted octanol–water partition coefficient (Wildman–Crippen LogP) is 1.46. The second kappa shape index (κ2) is 4.83. The van der Waals surface area contributed by atoms with Crippen LogP contribution in [0.5, 0.6) is 0 Å². The Kier molecular flexibility index (Phi) is 4.02. The molecule has 1 heterocycles. The molecule has 0 aromatic heterocycles. The molecule has 0 amide bonds. The topological polar surface area (TPSA) is 29.3 Å². The largest absolute Gasteiger partial charge is 0.327 e. The normalized spacial score (nSPS) is 28.8. The van der Waals surface area contributed by atoms with E-state index in [1.165, 1.54) is 32.4 Å². The summed E-state index contributed by atoms with van der Waals surface area (Å²) in [5.41, 5.74) is 5.77. The Morgan fingerprint density at radius 1 is 1.58 bits per heavy atom. The van der Waals surface area contributed by atoms with Crippen LogP contribution in [0.1, 0.15) is 33.1 Å². The lowest BCUT2D eigenvalue weighted by Gasteiger charge is -2.33. The summed E-state index contributed by atoms with van der Waals surface area (Å²) in [4.78, 5) is 2.52. The summed E-state index contributed by atoms with van der Waals surface area (Å²) in [5, 5.41) is 0. The van der Waals surface area contributed by atoms with Gasteiger partial charge in [0.15, 0.2) is 0 Å². The zero-order valence-electron chi connectivity index (χ0n) is 8.42. The highest BCUT2D eigenvalue weighted by Crippen LogP contribution is 2.18. The van der Waals surface area contributed by atoms with Crippen molar-refractivity contribution in [3.8, 4) is 0 Å². The van der Waals surface area contributed by atoms with E-state index in [1.807, 2.05) is 0 Å². The lowest BCUT2D eigenvalue weighted by atomic mass is 9.95. The molecule has 2 N–H and O–H groups in total. The fraction of sp³-hybridized carbons (Fsp3) is 1.00. The van der Waals surface area contributed by atoms with Crippen molar-refractivity contribution in [3.63, 3.8) is 0 Å². The van der Waals surface area contributed by atoms with E-state index < -0.39 is 0 Å². The van der Waals surface area contributed by atoms with Gasteiger partial charge < -0.3 is 10.6 Å². The third-order valence-corrected chi connectivity index (χ3v) is 2.73. The highest BCUT2D eigenvalue weighted by Gasteiger charge is 2.18. The van der Waals surface area contributed by atoms with Crippen LogP contribution in [-0.2, 0) is 0 Å². The number of hydrogen-bond donors (Lipinski definition) is 1. The van der Waals surface area contributed by atoms with Crippen molar-refractivity contribution >= 4 is 0 Å². The maximum absolute atomic E-state index is 5.77. The molecule has 72 valence electrons. The molecule has 1 aliphatic heterocycles. The molecule has 1 unspecified atom stereocenters. The van der Waals surface area contributed by atoms with E-state index in [0.717, 1.165) is 12.5 Å². The molecule has 0 aromatic rings. The van der Waals surface area contributed by atoms with Crippen LogP contribution < -0.4 is 5.73 Å². The molecule has 0 saturated carbocycles. The summed E-state index contributed by atoms with van der Waals surface area (Å²) in [6.07, 6.45) is 4.12. The summed E-state index contributed by atoms with van der Waals surface area (Å²) in [7, 11) is 0. The zero-order chi connectivity index (χ0) is 8.97. The maximum atomic E-state index is 5.77. The molecule has 2 heteroatoms. The van der Waals surface area contributed by atoms with Gasteiger partial charge in [0.05, 0.1) is 0 Å². The van der Waals surface area contributed by atoms with Crippen LogP contribution in [0, 0.1) is 5.92 Å². The molecule has 1 fully saturated rings. The minimum absolute atomic E-state index is 0.334. The molecule has 0 aromatic carbocycles. The molecule has 0 radical (unpaired) electrons. The molecule has 0 bridgehead atoms. The average Bonchev–Trinajstić information content (AvgIpc) is 2.03. The Morgan fingerprint density at radius 2 is 2.33 bits per heavy atom. The van der Waals surface area contributed by atoms with Crippen molar-refractivity contribution in [1.29, 1.82) is 0 Å². The van der Waals surface area contributed by atoms with E-state index in [9.17, 15) is 0 Å². The van der Waals surface area contributed by atoms with Gasteiger partial charge in [0.1, 0.15) is 0 Å². The second-order valence-electron chi connectivity index (χ2n) is 4.15. The number of likely N-dealkylation sites (tertiary alicyclic amines) is 1. The highest BCUT2D eigenvalue weighted by atomic mass is 15.1. The quantitative estimate of drug-likeness (QED) is 0.694. The van der Waals surface area contributed by atoms with Gasteiger partial charge in [-0.05, 0) is 32.2 Å². The monoisotopic (exact) mass is 170 g/mol. The molecule has 0 spiro atoms. The molecular formula is C10H22N2. The first-order valence-corrected chi connectivity index (χ1v) is 5.20. The van der Waals surface area contributed by atoms with Crippen molar-refractivity contribution in [2.45, 2.75) is 39.2 Å². The van der Waals surface area contributed by atoms with E-state index in [2.05, 4.69) is 18.7 Å². The van der Waals surface area contributed by atoms with E-state index in [1.54, 1.807) is 0 Å². The van der Waals surface area contributed by atoms with Crippen LogP contribution >= 0.6 is 0 Å². The van der Waals surface area contributed by atoms with E-state index >= 15 is 0 Å². The van der Waals surface area contributed by atoms with E-state index in [0.29, 0.717) is 6.04 Å². The Bertz CT molecular complexity index is 123. The maximum Gasteiger partial charge on any atom is 0.0139 e. The SMILES string of the molecule is CCC1CCCN(C[C@@H](C)N)C1. The van der Waals surface area contributed by atoms with E-state index in [-0.39, 0.29) is 0 Å². The zero-order valence-corrected chi connectivity index (χ0v) is 8.42. The second-order valence-corrected chi connectivity index (χ2v) is 4.15. The number of nitrogens with two attached hydrogens (primary N) is 1. The van der Waals surface area contributed by atoms with Crippen molar-refractivity contribution in [2.75, 3.05) is 19.6 Å². The molecule has 0 aliphatic carbocycles. The Labute approximate surface area is 76.1 Å². The molecule has 12 heavy (non-hydrogen) atoms. The van der Waals surface area contributed by atoms with Crippen LogP contribution in [0.25, 0.3) is 0 Å². The van der Waals surface area contributed by atoms with Crippen LogP contribution in [0.4, 0.5) is 0 Å². The summed E-state index contributed by atoms with van der Waals surface area (Å²) in [5.74, 6) is 0.928. The Balaban J connectivity index is 2.25. The molecule has 1 aliphatic rings. The third-order valence-electron chi connectivity index (χ3n) is 2.73. The van der Waals surface area contributed by atoms with Gasteiger partial charge in [-0.15, -0.1) is 0 Å². The fourth-order valence-corrected chi connectivity index (χ4v) is 2.06. The smallest absolute Gasteiger partial charge is 0.0139 e. The van der Waals surface area contributed by atoms with Crippen LogP contribution in [0.3, 0.4) is 0 Å². The van der Waals surface area contributed by atoms with Crippen LogP contribution in [-0.4, -0.2) is 30.6 Å². The third kappa shape index (κ3) is 3.11. The van der Waals surface area contributed by atoms with Gasteiger partial charge in [-0.1, -0.05) is 13.3 Å². The summed E-state index contributed by atoms with van der Waals surface area (Å²) < 4.78 is 0. The van der Waals surface area contributed by atoms with Gasteiger partial charge in [-0.2, -0.15) is 0 Å². The Hall–Kier alpha value is -0.0800. The number of piperidine rings is 1. The molecule has 1 saturated heterocycles. The van der Waals surface area contributed by atoms with E-state index in [4.69, 9.17) is 5.73 Å². The van der Waals surface area contributed by atoms with Gasteiger partial charge in [-0.25, -0.2) is 0 Å². The average molecular weight is 170 g/mol. The van der Waals surface area contributed by atoms with Crippen LogP contribution in [0.2, 0.25) is 0 Å². The number of hydrogen-bond acceptors (Lipinski definition) is 2. The minimum atomic E-state index is 0.334. The molecular weight excluding hydrogens is 148 g/mol. The van der Waals surface area contributed by atoms with Gasteiger partial charge in [0.25, 0.3) is 0 Å². The first-order valence-electron chi connectivity index (χ1n) is 5.20. The summed E-state index contributed by atoms with van der Waals surface area (Å²) >= 11 is 0. The Morgan fingerprint density at radius 3 is 2.92 bits per heavy atom. The molecule has 1 rings (SSSR count). The van der Waals surface area contributed by atoms with Crippen molar-refractivity contribution < 1.29 is 0 Å². The highest BCUT2D eigenvalue weighted by molar-refractivity contribution is 4.73. The standard InChI is InChI=1S/C10H22N2/c1-3-10-5-4-6-12(8-10)7-9(2)11/h9-10H,3-8,11H2,1-2H3/t9-,10?/m1/s1. The van der Waals surface area contributed by atoms with Gasteiger partial charge in [0, 0.05) is 19.1 Å². The summed E-state index contributed by atoms with van der Waals surface area (Å²) in [6.45, 7) is 8.00. The van der Waals surface area contributed by atoms with Crippen molar-refractivity contribution in [2.24, 2.45) is 11.7 Å². The molecule has 2 nitrogen and oxygen atoms in total. The fourth-order valence-electron chi connectivity index (χ4n) is 2.06. The summed E-state index contributed by atoms with van der Waals surface area (Å²) in [6, 6.07) is 0.334. The van der Waals surface area contributed by atoms with Crippen LogP contribution in [0.15, 0.2) is 0 Å². The van der Waals surface area contributed by atoms with Gasteiger partial charge in [-0.3, -0.25) is 0 Å². The number of rotatable bonds is 3. The first-order chi connectivity index (χ1) is 5.72. The lowest BCUT2D eigenvalue weighted by Crippen LogP contribution is -2.41. The van der Waals surface area contributed by atoms with Gasteiger partial charge in [0.2, 0.25) is 0 Å². The van der Waals surface area contributed by atoms with Crippen molar-refractivity contribution in [3.05, 3.63) is 0 Å². The van der Waals surface area contributed by atoms with Gasteiger partial charge >= 0.3 is 0 Å². The van der Waals surface area contributed by atoms with Crippen molar-refractivity contribution in [1.82, 2.24) is 4.90 Å². The first kappa shape index (κ1) is 10.0. The predicted molar refractivity (Wildman–Crippen MR) is 53.1 cm³/mol.